The van der Waals surface area contributed by atoms with E-state index in [-0.39, 0.29) is 6.10 Å². The molecule has 0 spiro atoms. The fraction of sp³-hybridized carbons (Fsp3) is 0.533. The highest BCUT2D eigenvalue weighted by atomic mass is 16.5. The van der Waals surface area contributed by atoms with Crippen molar-refractivity contribution in [1.82, 2.24) is 4.90 Å². The van der Waals surface area contributed by atoms with E-state index in [2.05, 4.69) is 0 Å². The lowest BCUT2D eigenvalue weighted by atomic mass is 9.99. The van der Waals surface area contributed by atoms with E-state index in [0.29, 0.717) is 43.0 Å². The number of carbonyl (C=O) groups is 1. The first-order valence-corrected chi connectivity index (χ1v) is 6.93. The Morgan fingerprint density at radius 1 is 1.29 bits per heavy atom. The van der Waals surface area contributed by atoms with E-state index in [1.165, 1.54) is 7.11 Å². The summed E-state index contributed by atoms with van der Waals surface area (Å²) in [6.45, 7) is 1.08. The lowest BCUT2D eigenvalue weighted by Crippen LogP contribution is -2.41. The minimum atomic E-state index is -0.932. The van der Waals surface area contributed by atoms with Crippen molar-refractivity contribution in [3.05, 3.63) is 23.8 Å². The van der Waals surface area contributed by atoms with E-state index in [9.17, 15) is 15.0 Å². The topological polar surface area (TPSA) is 79.2 Å². The normalized spacial score (nSPS) is 18.2. The standard InChI is InChI=1S/C15H21NO5/c1-20-11-3-4-13(21-2)12(9-11)14(15(18)19)16-7-5-10(17)6-8-16/h3-4,9-10,14,17H,5-8H2,1-2H3,(H,18,19). The first-order chi connectivity index (χ1) is 10.1. The van der Waals surface area contributed by atoms with Crippen molar-refractivity contribution in [3.8, 4) is 11.5 Å². The summed E-state index contributed by atoms with van der Waals surface area (Å²) in [4.78, 5) is 13.6. The average molecular weight is 295 g/mol. The van der Waals surface area contributed by atoms with Crippen molar-refractivity contribution in [1.29, 1.82) is 0 Å². The van der Waals surface area contributed by atoms with Crippen LogP contribution in [0.2, 0.25) is 0 Å². The zero-order valence-electron chi connectivity index (χ0n) is 12.3. The Labute approximate surface area is 123 Å². The van der Waals surface area contributed by atoms with Gasteiger partial charge in [0, 0.05) is 18.7 Å². The van der Waals surface area contributed by atoms with Gasteiger partial charge >= 0.3 is 5.97 Å². The van der Waals surface area contributed by atoms with Gasteiger partial charge in [0.2, 0.25) is 0 Å². The molecule has 0 bridgehead atoms. The van der Waals surface area contributed by atoms with Crippen LogP contribution >= 0.6 is 0 Å². The summed E-state index contributed by atoms with van der Waals surface area (Å²) in [5.41, 5.74) is 0.570. The molecule has 1 aromatic rings. The summed E-state index contributed by atoms with van der Waals surface area (Å²) in [6.07, 6.45) is 0.814. The van der Waals surface area contributed by atoms with Crippen LogP contribution < -0.4 is 9.47 Å². The molecule has 1 unspecified atom stereocenters. The molecule has 6 heteroatoms. The van der Waals surface area contributed by atoms with E-state index in [4.69, 9.17) is 9.47 Å². The number of carboxylic acids is 1. The monoisotopic (exact) mass is 295 g/mol. The summed E-state index contributed by atoms with van der Waals surface area (Å²) in [7, 11) is 3.06. The first kappa shape index (κ1) is 15.6. The van der Waals surface area contributed by atoms with E-state index >= 15 is 0 Å². The summed E-state index contributed by atoms with van der Waals surface area (Å²) in [5.74, 6) is 0.182. The molecule has 0 aromatic heterocycles. The van der Waals surface area contributed by atoms with Crippen molar-refractivity contribution in [3.63, 3.8) is 0 Å². The molecule has 6 nitrogen and oxygen atoms in total. The number of ether oxygens (including phenoxy) is 2. The van der Waals surface area contributed by atoms with E-state index in [1.807, 2.05) is 4.90 Å². The summed E-state index contributed by atoms with van der Waals surface area (Å²) in [5, 5.41) is 19.2. The Morgan fingerprint density at radius 3 is 2.48 bits per heavy atom. The summed E-state index contributed by atoms with van der Waals surface area (Å²) in [6, 6.07) is 4.34. The molecule has 116 valence electrons. The molecule has 1 aliphatic rings. The molecule has 2 N–H and O–H groups in total. The highest BCUT2D eigenvalue weighted by Crippen LogP contribution is 2.34. The second-order valence-corrected chi connectivity index (χ2v) is 5.12. The number of piperidine rings is 1. The van der Waals surface area contributed by atoms with Gasteiger partial charge in [-0.2, -0.15) is 0 Å². The van der Waals surface area contributed by atoms with Gasteiger partial charge in [0.05, 0.1) is 20.3 Å². The van der Waals surface area contributed by atoms with E-state index in [0.717, 1.165) is 0 Å². The van der Waals surface area contributed by atoms with Gasteiger partial charge in [-0.1, -0.05) is 0 Å². The van der Waals surface area contributed by atoms with Gasteiger partial charge in [-0.3, -0.25) is 9.69 Å². The maximum Gasteiger partial charge on any atom is 0.325 e. The zero-order valence-corrected chi connectivity index (χ0v) is 12.3. The van der Waals surface area contributed by atoms with Crippen LogP contribution in [0.1, 0.15) is 24.4 Å². The lowest BCUT2D eigenvalue weighted by Gasteiger charge is -2.34. The molecule has 0 saturated carbocycles. The SMILES string of the molecule is COc1ccc(OC)c(C(C(=O)O)N2CCC(O)CC2)c1. The smallest absolute Gasteiger partial charge is 0.325 e. The Kier molecular flexibility index (Phi) is 5.03. The highest BCUT2D eigenvalue weighted by molar-refractivity contribution is 5.77. The van der Waals surface area contributed by atoms with Crippen molar-refractivity contribution in [2.45, 2.75) is 25.0 Å². The number of nitrogens with zero attached hydrogens (tertiary/aromatic N) is 1. The number of methoxy groups -OCH3 is 2. The third kappa shape index (κ3) is 3.46. The lowest BCUT2D eigenvalue weighted by molar-refractivity contribution is -0.144. The van der Waals surface area contributed by atoms with Gasteiger partial charge in [0.25, 0.3) is 0 Å². The Bertz CT molecular complexity index is 497. The summed E-state index contributed by atoms with van der Waals surface area (Å²) < 4.78 is 10.5. The van der Waals surface area contributed by atoms with Crippen molar-refractivity contribution in [2.75, 3.05) is 27.3 Å². The van der Waals surface area contributed by atoms with Crippen LogP contribution in [-0.4, -0.2) is 54.5 Å². The van der Waals surface area contributed by atoms with Gasteiger partial charge in [0.15, 0.2) is 0 Å². The maximum absolute atomic E-state index is 11.7. The minimum Gasteiger partial charge on any atom is -0.497 e. The number of hydrogen-bond donors (Lipinski definition) is 2. The van der Waals surface area contributed by atoms with E-state index < -0.39 is 12.0 Å². The highest BCUT2D eigenvalue weighted by Gasteiger charge is 2.32. The van der Waals surface area contributed by atoms with Crippen LogP contribution in [0, 0.1) is 0 Å². The van der Waals surface area contributed by atoms with Crippen molar-refractivity contribution >= 4 is 5.97 Å². The molecule has 2 rings (SSSR count). The van der Waals surface area contributed by atoms with Gasteiger partial charge in [0.1, 0.15) is 17.5 Å². The molecular formula is C15H21NO5. The predicted octanol–water partition coefficient (Wildman–Crippen LogP) is 1.29. The Balaban J connectivity index is 2.35. The van der Waals surface area contributed by atoms with Crippen LogP contribution in [0.25, 0.3) is 0 Å². The molecule has 1 aliphatic heterocycles. The fourth-order valence-corrected chi connectivity index (χ4v) is 2.68. The van der Waals surface area contributed by atoms with Crippen LogP contribution in [0.5, 0.6) is 11.5 Å². The van der Waals surface area contributed by atoms with Gasteiger partial charge < -0.3 is 19.7 Å². The number of hydrogen-bond acceptors (Lipinski definition) is 5. The molecule has 21 heavy (non-hydrogen) atoms. The number of rotatable bonds is 5. The molecule has 1 saturated heterocycles. The molecule has 0 aliphatic carbocycles. The third-order valence-electron chi connectivity index (χ3n) is 3.83. The molecule has 0 radical (unpaired) electrons. The van der Waals surface area contributed by atoms with Crippen LogP contribution in [0.15, 0.2) is 18.2 Å². The van der Waals surface area contributed by atoms with Crippen LogP contribution in [0.3, 0.4) is 0 Å². The minimum absolute atomic E-state index is 0.345. The molecule has 0 amide bonds. The summed E-state index contributed by atoms with van der Waals surface area (Å²) >= 11 is 0. The van der Waals surface area contributed by atoms with Gasteiger partial charge in [-0.25, -0.2) is 0 Å². The third-order valence-corrected chi connectivity index (χ3v) is 3.83. The van der Waals surface area contributed by atoms with E-state index in [1.54, 1.807) is 25.3 Å². The quantitative estimate of drug-likeness (QED) is 0.852. The molecule has 1 aromatic carbocycles. The molecule has 1 heterocycles. The molecule has 1 fully saturated rings. The second kappa shape index (κ2) is 6.78. The van der Waals surface area contributed by atoms with Crippen molar-refractivity contribution in [2.24, 2.45) is 0 Å². The fourth-order valence-electron chi connectivity index (χ4n) is 2.68. The van der Waals surface area contributed by atoms with Crippen molar-refractivity contribution < 1.29 is 24.5 Å². The number of likely N-dealkylation sites (tertiary alicyclic amines) is 1. The molecule has 1 atom stereocenters. The first-order valence-electron chi connectivity index (χ1n) is 6.93. The van der Waals surface area contributed by atoms with Crippen LogP contribution in [-0.2, 0) is 4.79 Å². The van der Waals surface area contributed by atoms with Gasteiger partial charge in [-0.05, 0) is 31.0 Å². The number of carboxylic acid groups (broad SMARTS) is 1. The second-order valence-electron chi connectivity index (χ2n) is 5.12. The number of aliphatic carboxylic acids is 1. The Hall–Kier alpha value is -1.79. The maximum atomic E-state index is 11.7. The number of benzene rings is 1. The largest absolute Gasteiger partial charge is 0.497 e. The molecular weight excluding hydrogens is 274 g/mol. The predicted molar refractivity (Wildman–Crippen MR) is 76.7 cm³/mol. The Morgan fingerprint density at radius 2 is 1.95 bits per heavy atom. The van der Waals surface area contributed by atoms with Crippen LogP contribution in [0.4, 0.5) is 0 Å². The average Bonchev–Trinajstić information content (AvgIpc) is 2.49. The van der Waals surface area contributed by atoms with Gasteiger partial charge in [-0.15, -0.1) is 0 Å². The number of aliphatic hydroxyl groups is 1. The number of aliphatic hydroxyl groups excluding tert-OH is 1. The zero-order chi connectivity index (χ0) is 15.4.